The van der Waals surface area contributed by atoms with E-state index in [1.54, 1.807) is 0 Å². The number of nitrogens with zero attached hydrogens (tertiary/aromatic N) is 1. The standard InChI is InChI=1S/C14H20N2O3/c1-3-9-4-5-10(8(9)2)16-12(18)14(6-7-14)11(17)15-13(16)19/h8-10H,3-7H2,1-2H3,(H,15,17,19). The lowest BCUT2D eigenvalue weighted by Gasteiger charge is -2.36. The van der Waals surface area contributed by atoms with Gasteiger partial charge in [-0.15, -0.1) is 0 Å². The SMILES string of the molecule is CCC1CCC(N2C(=O)NC(=O)C3(CC3)C2=O)C1C. The van der Waals surface area contributed by atoms with Crippen LogP contribution in [0.2, 0.25) is 0 Å². The van der Waals surface area contributed by atoms with E-state index in [2.05, 4.69) is 19.2 Å². The van der Waals surface area contributed by atoms with Crippen molar-refractivity contribution in [1.82, 2.24) is 10.2 Å². The highest BCUT2D eigenvalue weighted by molar-refractivity contribution is 6.21. The maximum Gasteiger partial charge on any atom is 0.331 e. The first-order valence-electron chi connectivity index (χ1n) is 7.20. The molecule has 1 N–H and O–H groups in total. The van der Waals surface area contributed by atoms with Crippen LogP contribution in [0.15, 0.2) is 0 Å². The Balaban J connectivity index is 1.86. The lowest BCUT2D eigenvalue weighted by atomic mass is 9.91. The fourth-order valence-electron chi connectivity index (χ4n) is 3.73. The molecule has 3 rings (SSSR count). The topological polar surface area (TPSA) is 66.5 Å². The van der Waals surface area contributed by atoms with Gasteiger partial charge >= 0.3 is 6.03 Å². The molecule has 1 aliphatic heterocycles. The lowest BCUT2D eigenvalue weighted by molar-refractivity contribution is -0.146. The number of rotatable bonds is 2. The summed E-state index contributed by atoms with van der Waals surface area (Å²) in [6.07, 6.45) is 4.16. The van der Waals surface area contributed by atoms with E-state index in [1.165, 1.54) is 4.90 Å². The molecule has 0 aromatic heterocycles. The predicted octanol–water partition coefficient (Wildman–Crippen LogP) is 1.67. The molecule has 0 aromatic rings. The molecule has 0 aromatic carbocycles. The fourth-order valence-corrected chi connectivity index (χ4v) is 3.73. The maximum absolute atomic E-state index is 12.5. The second kappa shape index (κ2) is 4.05. The van der Waals surface area contributed by atoms with Crippen molar-refractivity contribution in [2.45, 2.75) is 52.0 Å². The minimum atomic E-state index is -0.905. The van der Waals surface area contributed by atoms with Crippen molar-refractivity contribution in [3.05, 3.63) is 0 Å². The number of carbonyl (C=O) groups excluding carboxylic acids is 3. The highest BCUT2D eigenvalue weighted by atomic mass is 16.2. The van der Waals surface area contributed by atoms with Gasteiger partial charge in [-0.1, -0.05) is 20.3 Å². The smallest absolute Gasteiger partial charge is 0.277 e. The number of hydrogen-bond donors (Lipinski definition) is 1. The molecular weight excluding hydrogens is 244 g/mol. The Morgan fingerprint density at radius 1 is 1.26 bits per heavy atom. The molecule has 1 saturated heterocycles. The summed E-state index contributed by atoms with van der Waals surface area (Å²) in [5.41, 5.74) is -0.905. The zero-order valence-corrected chi connectivity index (χ0v) is 11.4. The Hall–Kier alpha value is -1.39. The zero-order chi connectivity index (χ0) is 13.8. The Kier molecular flexibility index (Phi) is 2.69. The van der Waals surface area contributed by atoms with Crippen molar-refractivity contribution in [3.8, 4) is 0 Å². The number of carbonyl (C=O) groups is 3. The molecule has 5 nitrogen and oxygen atoms in total. The van der Waals surface area contributed by atoms with Gasteiger partial charge in [0, 0.05) is 6.04 Å². The van der Waals surface area contributed by atoms with Crippen LogP contribution >= 0.6 is 0 Å². The molecule has 3 atom stereocenters. The molecule has 4 amide bonds. The summed E-state index contributed by atoms with van der Waals surface area (Å²) in [5, 5.41) is 2.37. The summed E-state index contributed by atoms with van der Waals surface area (Å²) in [7, 11) is 0. The summed E-state index contributed by atoms with van der Waals surface area (Å²) in [6.45, 7) is 4.26. The van der Waals surface area contributed by atoms with Crippen molar-refractivity contribution < 1.29 is 14.4 Å². The summed E-state index contributed by atoms with van der Waals surface area (Å²) >= 11 is 0. The molecule has 0 bridgehead atoms. The van der Waals surface area contributed by atoms with E-state index < -0.39 is 17.4 Å². The van der Waals surface area contributed by atoms with Gasteiger partial charge in [0.05, 0.1) is 0 Å². The average Bonchev–Trinajstić information content (AvgIpc) is 3.10. The third-order valence-corrected chi connectivity index (χ3v) is 5.29. The second-order valence-corrected chi connectivity index (χ2v) is 6.19. The second-order valence-electron chi connectivity index (χ2n) is 6.19. The Bertz CT molecular complexity index is 456. The van der Waals surface area contributed by atoms with Crippen LogP contribution in [-0.4, -0.2) is 28.8 Å². The van der Waals surface area contributed by atoms with E-state index >= 15 is 0 Å². The third kappa shape index (κ3) is 1.63. The van der Waals surface area contributed by atoms with Gasteiger partial charge in [-0.3, -0.25) is 19.8 Å². The number of urea groups is 1. The minimum absolute atomic E-state index is 0.0389. The van der Waals surface area contributed by atoms with Crippen LogP contribution in [0.1, 0.15) is 46.0 Å². The van der Waals surface area contributed by atoms with Crippen molar-refractivity contribution >= 4 is 17.8 Å². The molecule has 2 aliphatic carbocycles. The van der Waals surface area contributed by atoms with Gasteiger partial charge in [0.15, 0.2) is 0 Å². The van der Waals surface area contributed by atoms with Crippen LogP contribution in [0.4, 0.5) is 4.79 Å². The Morgan fingerprint density at radius 2 is 1.95 bits per heavy atom. The minimum Gasteiger partial charge on any atom is -0.277 e. The van der Waals surface area contributed by atoms with Crippen LogP contribution in [0.25, 0.3) is 0 Å². The van der Waals surface area contributed by atoms with Gasteiger partial charge in [0.1, 0.15) is 5.41 Å². The van der Waals surface area contributed by atoms with Gasteiger partial charge in [-0.2, -0.15) is 0 Å². The maximum atomic E-state index is 12.5. The highest BCUT2D eigenvalue weighted by Crippen LogP contribution is 2.50. The van der Waals surface area contributed by atoms with E-state index in [0.29, 0.717) is 24.7 Å². The van der Waals surface area contributed by atoms with Crippen LogP contribution < -0.4 is 5.32 Å². The number of imide groups is 2. The fraction of sp³-hybridized carbons (Fsp3) is 0.786. The van der Waals surface area contributed by atoms with E-state index in [1.807, 2.05) is 0 Å². The molecule has 3 aliphatic rings. The van der Waals surface area contributed by atoms with Gasteiger partial charge in [0.25, 0.3) is 0 Å². The van der Waals surface area contributed by atoms with Gasteiger partial charge in [-0.05, 0) is 37.5 Å². The van der Waals surface area contributed by atoms with Gasteiger partial charge in [-0.25, -0.2) is 4.79 Å². The number of barbiturate groups is 1. The van der Waals surface area contributed by atoms with Crippen LogP contribution in [-0.2, 0) is 9.59 Å². The highest BCUT2D eigenvalue weighted by Gasteiger charge is 2.63. The Morgan fingerprint density at radius 3 is 2.47 bits per heavy atom. The molecule has 1 heterocycles. The van der Waals surface area contributed by atoms with E-state index in [0.717, 1.165) is 19.3 Å². The lowest BCUT2D eigenvalue weighted by Crippen LogP contribution is -2.62. The number of nitrogens with one attached hydrogen (secondary N) is 1. The van der Waals surface area contributed by atoms with Crippen LogP contribution in [0.5, 0.6) is 0 Å². The summed E-state index contributed by atoms with van der Waals surface area (Å²) in [4.78, 5) is 37.7. The number of hydrogen-bond acceptors (Lipinski definition) is 3. The molecule has 2 saturated carbocycles. The average molecular weight is 264 g/mol. The zero-order valence-electron chi connectivity index (χ0n) is 11.4. The Labute approximate surface area is 112 Å². The molecule has 3 unspecified atom stereocenters. The monoisotopic (exact) mass is 264 g/mol. The third-order valence-electron chi connectivity index (χ3n) is 5.29. The summed E-state index contributed by atoms with van der Waals surface area (Å²) in [5.74, 6) is 0.244. The molecule has 104 valence electrons. The summed E-state index contributed by atoms with van der Waals surface area (Å²) in [6, 6.07) is -0.552. The van der Waals surface area contributed by atoms with E-state index in [9.17, 15) is 14.4 Å². The van der Waals surface area contributed by atoms with Crippen molar-refractivity contribution in [2.24, 2.45) is 17.3 Å². The number of amides is 4. The molecule has 5 heteroatoms. The first-order valence-corrected chi connectivity index (χ1v) is 7.20. The first kappa shape index (κ1) is 12.6. The summed E-state index contributed by atoms with van der Waals surface area (Å²) < 4.78 is 0. The normalized spacial score (nSPS) is 36.8. The van der Waals surface area contributed by atoms with Gasteiger partial charge < -0.3 is 0 Å². The van der Waals surface area contributed by atoms with E-state index in [4.69, 9.17) is 0 Å². The quantitative estimate of drug-likeness (QED) is 0.771. The molecular formula is C14H20N2O3. The van der Waals surface area contributed by atoms with Crippen molar-refractivity contribution in [2.75, 3.05) is 0 Å². The van der Waals surface area contributed by atoms with E-state index in [-0.39, 0.29) is 11.9 Å². The molecule has 0 radical (unpaired) electrons. The molecule has 3 fully saturated rings. The first-order chi connectivity index (χ1) is 9.01. The van der Waals surface area contributed by atoms with Crippen molar-refractivity contribution in [3.63, 3.8) is 0 Å². The van der Waals surface area contributed by atoms with Crippen molar-refractivity contribution in [1.29, 1.82) is 0 Å². The van der Waals surface area contributed by atoms with Gasteiger partial charge in [0.2, 0.25) is 11.8 Å². The van der Waals surface area contributed by atoms with Crippen LogP contribution in [0, 0.1) is 17.3 Å². The molecule has 1 spiro atoms. The molecule has 19 heavy (non-hydrogen) atoms. The predicted molar refractivity (Wildman–Crippen MR) is 68.0 cm³/mol. The van der Waals surface area contributed by atoms with Crippen LogP contribution in [0.3, 0.4) is 0 Å². The largest absolute Gasteiger partial charge is 0.331 e.